The van der Waals surface area contributed by atoms with Gasteiger partial charge in [-0.05, 0) is 20.8 Å². The Balaban J connectivity index is 3.04. The van der Waals surface area contributed by atoms with Gasteiger partial charge in [-0.2, -0.15) is 0 Å². The molecule has 1 rings (SSSR count). The van der Waals surface area contributed by atoms with Gasteiger partial charge in [0.25, 0.3) is 0 Å². The highest BCUT2D eigenvalue weighted by Gasteiger charge is 2.57. The van der Waals surface area contributed by atoms with E-state index in [0.717, 1.165) is 6.08 Å². The van der Waals surface area contributed by atoms with Gasteiger partial charge in [0, 0.05) is 12.7 Å². The third-order valence-electron chi connectivity index (χ3n) is 2.66. The number of hydrogen-bond donors (Lipinski definition) is 0. The molecule has 1 fully saturated rings. The number of carbonyl (C=O) groups excluding carboxylic acids is 3. The molecule has 0 bridgehead atoms. The summed E-state index contributed by atoms with van der Waals surface area (Å²) in [5.74, 6) is -0.679. The zero-order valence-corrected chi connectivity index (χ0v) is 11.5. The SMILES string of the molecule is C=CC(=O)OC1(C)C(=O)OC(=C=O)C1OC(C)OCC. The molecule has 1 aliphatic heterocycles. The van der Waals surface area contributed by atoms with Gasteiger partial charge < -0.3 is 18.9 Å². The van der Waals surface area contributed by atoms with E-state index in [0.29, 0.717) is 6.61 Å². The highest BCUT2D eigenvalue weighted by molar-refractivity contribution is 5.91. The van der Waals surface area contributed by atoms with Crippen molar-refractivity contribution in [2.75, 3.05) is 6.61 Å². The van der Waals surface area contributed by atoms with Gasteiger partial charge in [-0.3, -0.25) is 0 Å². The van der Waals surface area contributed by atoms with Gasteiger partial charge in [-0.1, -0.05) is 6.58 Å². The average Bonchev–Trinajstić information content (AvgIpc) is 2.63. The van der Waals surface area contributed by atoms with Gasteiger partial charge in [0.1, 0.15) is 0 Å². The lowest BCUT2D eigenvalue weighted by Crippen LogP contribution is -2.47. The summed E-state index contributed by atoms with van der Waals surface area (Å²) in [4.78, 5) is 34.0. The molecule has 0 radical (unpaired) electrons. The van der Waals surface area contributed by atoms with Crippen molar-refractivity contribution in [1.82, 2.24) is 0 Å². The Kier molecular flexibility index (Phi) is 5.21. The topological polar surface area (TPSA) is 88.1 Å². The summed E-state index contributed by atoms with van der Waals surface area (Å²) in [6.45, 7) is 8.21. The van der Waals surface area contributed by atoms with E-state index in [9.17, 15) is 14.4 Å². The summed E-state index contributed by atoms with van der Waals surface area (Å²) in [7, 11) is 0. The monoisotopic (exact) mass is 284 g/mol. The second-order valence-corrected chi connectivity index (χ2v) is 4.13. The van der Waals surface area contributed by atoms with Crippen LogP contribution in [0.5, 0.6) is 0 Å². The lowest BCUT2D eigenvalue weighted by molar-refractivity contribution is -0.199. The van der Waals surface area contributed by atoms with Crippen molar-refractivity contribution in [3.63, 3.8) is 0 Å². The van der Waals surface area contributed by atoms with Crippen molar-refractivity contribution in [2.45, 2.75) is 38.8 Å². The smallest absolute Gasteiger partial charge is 0.359 e. The van der Waals surface area contributed by atoms with Crippen LogP contribution in [0.2, 0.25) is 0 Å². The van der Waals surface area contributed by atoms with Crippen molar-refractivity contribution >= 4 is 17.9 Å². The van der Waals surface area contributed by atoms with Gasteiger partial charge in [0.2, 0.25) is 11.4 Å². The minimum absolute atomic E-state index is 0.367. The van der Waals surface area contributed by atoms with Crippen LogP contribution in [0.15, 0.2) is 18.4 Å². The minimum Gasteiger partial charge on any atom is -0.441 e. The van der Waals surface area contributed by atoms with Crippen molar-refractivity contribution in [2.24, 2.45) is 0 Å². The molecule has 3 unspecified atom stereocenters. The maximum Gasteiger partial charge on any atom is 0.359 e. The molecule has 3 atom stereocenters. The molecule has 1 aliphatic rings. The maximum atomic E-state index is 11.8. The number of ether oxygens (including phenoxy) is 4. The Bertz CT molecular complexity index is 463. The second-order valence-electron chi connectivity index (χ2n) is 4.13. The standard InChI is InChI=1S/C13H16O7/c1-5-10(15)20-13(4)11(18-8(3)17-6-2)9(7-14)19-12(13)16/h5,8,11H,1,6H2,2-4H3. The largest absolute Gasteiger partial charge is 0.441 e. The van der Waals surface area contributed by atoms with Crippen LogP contribution in [0.4, 0.5) is 0 Å². The Morgan fingerprint density at radius 3 is 2.80 bits per heavy atom. The van der Waals surface area contributed by atoms with E-state index >= 15 is 0 Å². The van der Waals surface area contributed by atoms with E-state index in [4.69, 9.17) is 18.9 Å². The molecule has 0 N–H and O–H groups in total. The average molecular weight is 284 g/mol. The molecule has 7 heteroatoms. The van der Waals surface area contributed by atoms with Crippen LogP contribution in [0, 0.1) is 0 Å². The van der Waals surface area contributed by atoms with E-state index in [2.05, 4.69) is 6.58 Å². The molecular formula is C13H16O7. The first-order chi connectivity index (χ1) is 9.38. The predicted octanol–water partition coefficient (Wildman–Crippen LogP) is 0.514. The summed E-state index contributed by atoms with van der Waals surface area (Å²) in [6, 6.07) is 0. The molecule has 110 valence electrons. The van der Waals surface area contributed by atoms with E-state index in [1.54, 1.807) is 13.8 Å². The normalized spacial score (nSPS) is 26.6. The third-order valence-corrected chi connectivity index (χ3v) is 2.66. The number of carbonyl (C=O) groups is 2. The first kappa shape index (κ1) is 16.1. The molecule has 7 nitrogen and oxygen atoms in total. The second kappa shape index (κ2) is 6.47. The Morgan fingerprint density at radius 1 is 1.65 bits per heavy atom. The molecule has 0 aromatic heterocycles. The van der Waals surface area contributed by atoms with Gasteiger partial charge in [0.05, 0.1) is 0 Å². The van der Waals surface area contributed by atoms with E-state index in [1.807, 2.05) is 0 Å². The van der Waals surface area contributed by atoms with Crippen LogP contribution in [-0.2, 0) is 33.3 Å². The fourth-order valence-corrected chi connectivity index (χ4v) is 1.69. The van der Waals surface area contributed by atoms with Crippen LogP contribution in [0.3, 0.4) is 0 Å². The molecule has 0 saturated carbocycles. The predicted molar refractivity (Wildman–Crippen MR) is 66.0 cm³/mol. The fourth-order valence-electron chi connectivity index (χ4n) is 1.69. The van der Waals surface area contributed by atoms with Crippen LogP contribution in [0.1, 0.15) is 20.8 Å². The number of cyclic esters (lactones) is 1. The van der Waals surface area contributed by atoms with E-state index < -0.39 is 29.9 Å². The van der Waals surface area contributed by atoms with Gasteiger partial charge >= 0.3 is 11.9 Å². The Hall–Kier alpha value is -1.95. The number of rotatable bonds is 6. The summed E-state index contributed by atoms with van der Waals surface area (Å²) < 4.78 is 20.3. The van der Waals surface area contributed by atoms with Crippen molar-refractivity contribution < 1.29 is 33.3 Å². The number of esters is 2. The third kappa shape index (κ3) is 3.14. The Morgan fingerprint density at radius 2 is 2.30 bits per heavy atom. The molecule has 0 aromatic rings. The molecule has 0 aliphatic carbocycles. The first-order valence-electron chi connectivity index (χ1n) is 5.98. The summed E-state index contributed by atoms with van der Waals surface area (Å²) >= 11 is 0. The lowest BCUT2D eigenvalue weighted by Gasteiger charge is -2.27. The zero-order chi connectivity index (χ0) is 15.3. The van der Waals surface area contributed by atoms with Gasteiger partial charge in [0.15, 0.2) is 18.3 Å². The molecule has 0 amide bonds. The molecule has 0 spiro atoms. The number of hydrogen-bond acceptors (Lipinski definition) is 7. The van der Waals surface area contributed by atoms with Crippen LogP contribution in [-0.4, -0.2) is 42.5 Å². The summed E-state index contributed by atoms with van der Waals surface area (Å²) in [5, 5.41) is 0. The van der Waals surface area contributed by atoms with Crippen molar-refractivity contribution in [1.29, 1.82) is 0 Å². The fraction of sp³-hybridized carbons (Fsp3) is 0.538. The van der Waals surface area contributed by atoms with E-state index in [-0.39, 0.29) is 5.76 Å². The summed E-state index contributed by atoms with van der Waals surface area (Å²) in [5.41, 5.74) is -1.79. The van der Waals surface area contributed by atoms with E-state index in [1.165, 1.54) is 12.9 Å². The highest BCUT2D eigenvalue weighted by Crippen LogP contribution is 2.34. The maximum absolute atomic E-state index is 11.8. The molecule has 0 aromatic carbocycles. The van der Waals surface area contributed by atoms with Gasteiger partial charge in [-0.25, -0.2) is 14.4 Å². The molecular weight excluding hydrogens is 268 g/mol. The zero-order valence-electron chi connectivity index (χ0n) is 11.5. The first-order valence-corrected chi connectivity index (χ1v) is 5.98. The highest BCUT2D eigenvalue weighted by atomic mass is 16.7. The molecule has 1 saturated heterocycles. The van der Waals surface area contributed by atoms with Crippen LogP contribution >= 0.6 is 0 Å². The quantitative estimate of drug-likeness (QED) is 0.304. The Labute approximate surface area is 116 Å². The van der Waals surface area contributed by atoms with Crippen LogP contribution < -0.4 is 0 Å². The molecule has 1 heterocycles. The lowest BCUT2D eigenvalue weighted by atomic mass is 10.0. The van der Waals surface area contributed by atoms with Crippen molar-refractivity contribution in [3.8, 4) is 0 Å². The molecule has 20 heavy (non-hydrogen) atoms. The summed E-state index contributed by atoms with van der Waals surface area (Å²) in [6.07, 6.45) is -1.06. The van der Waals surface area contributed by atoms with Crippen molar-refractivity contribution in [3.05, 3.63) is 18.4 Å². The van der Waals surface area contributed by atoms with Crippen LogP contribution in [0.25, 0.3) is 0 Å². The van der Waals surface area contributed by atoms with Gasteiger partial charge in [-0.15, -0.1) is 0 Å². The minimum atomic E-state index is -1.79.